The van der Waals surface area contributed by atoms with Crippen LogP contribution in [0.15, 0.2) is 12.1 Å². The van der Waals surface area contributed by atoms with E-state index in [0.29, 0.717) is 0 Å². The van der Waals surface area contributed by atoms with Crippen molar-refractivity contribution in [1.29, 1.82) is 0 Å². The zero-order valence-electron chi connectivity index (χ0n) is 9.34. The van der Waals surface area contributed by atoms with Crippen LogP contribution in [0.4, 0.5) is 18.9 Å². The molecule has 0 saturated heterocycles. The van der Waals surface area contributed by atoms with Gasteiger partial charge < -0.3 is 20.9 Å². The van der Waals surface area contributed by atoms with E-state index in [1.54, 1.807) is 0 Å². The average Bonchev–Trinajstić information content (AvgIpc) is 2.26. The van der Waals surface area contributed by atoms with Crippen LogP contribution < -0.4 is 20.9 Å². The van der Waals surface area contributed by atoms with Crippen molar-refractivity contribution in [1.82, 2.24) is 0 Å². The Morgan fingerprint density at radius 1 is 1.12 bits per heavy atom. The molecule has 0 radical (unpaired) electrons. The van der Waals surface area contributed by atoms with E-state index in [9.17, 15) is 13.2 Å². The molecule has 1 rings (SSSR count). The maximum absolute atomic E-state index is 12.5. The molecule has 96 valence electrons. The molecule has 0 spiro atoms. The summed E-state index contributed by atoms with van der Waals surface area (Å²) in [5.41, 5.74) is 10.3. The number of hydrogen-bond donors (Lipinski definition) is 2. The van der Waals surface area contributed by atoms with Gasteiger partial charge >= 0.3 is 6.18 Å². The lowest BCUT2D eigenvalue weighted by atomic mass is 10.0. The third-order valence-corrected chi connectivity index (χ3v) is 2.28. The second kappa shape index (κ2) is 4.70. The van der Waals surface area contributed by atoms with Gasteiger partial charge in [0.05, 0.1) is 14.2 Å². The fourth-order valence-electron chi connectivity index (χ4n) is 1.36. The molecule has 0 aliphatic heterocycles. The summed E-state index contributed by atoms with van der Waals surface area (Å²) in [6.07, 6.45) is -4.56. The van der Waals surface area contributed by atoms with E-state index in [4.69, 9.17) is 20.9 Å². The van der Waals surface area contributed by atoms with Gasteiger partial charge in [-0.25, -0.2) is 0 Å². The van der Waals surface area contributed by atoms with Gasteiger partial charge in [-0.05, 0) is 6.07 Å². The second-order valence-electron chi connectivity index (χ2n) is 3.36. The summed E-state index contributed by atoms with van der Waals surface area (Å²) in [6, 6.07) is 0.230. The molecule has 7 heteroatoms. The largest absolute Gasteiger partial charge is 0.493 e. The Hall–Kier alpha value is -1.63. The van der Waals surface area contributed by atoms with Crippen molar-refractivity contribution in [3.63, 3.8) is 0 Å². The predicted molar refractivity (Wildman–Crippen MR) is 56.9 cm³/mol. The van der Waals surface area contributed by atoms with Gasteiger partial charge in [-0.1, -0.05) is 0 Å². The summed E-state index contributed by atoms with van der Waals surface area (Å²) >= 11 is 0. The number of hydrogen-bond acceptors (Lipinski definition) is 4. The van der Waals surface area contributed by atoms with Crippen LogP contribution in [0.2, 0.25) is 0 Å². The Kier molecular flexibility index (Phi) is 3.72. The van der Waals surface area contributed by atoms with Gasteiger partial charge in [-0.2, -0.15) is 13.2 Å². The molecule has 0 amide bonds. The van der Waals surface area contributed by atoms with Crippen LogP contribution in [0.5, 0.6) is 11.5 Å². The molecule has 0 aliphatic rings. The SMILES string of the molecule is COc1cc(N)c([C@@H](N)C(F)(F)F)cc1OC. The quantitative estimate of drug-likeness (QED) is 0.803. The first-order valence-electron chi connectivity index (χ1n) is 4.65. The molecule has 1 atom stereocenters. The van der Waals surface area contributed by atoms with E-state index in [2.05, 4.69) is 0 Å². The summed E-state index contributed by atoms with van der Waals surface area (Å²) in [5, 5.41) is 0. The highest BCUT2D eigenvalue weighted by molar-refractivity contribution is 5.59. The van der Waals surface area contributed by atoms with E-state index in [0.717, 1.165) is 6.07 Å². The van der Waals surface area contributed by atoms with E-state index >= 15 is 0 Å². The number of methoxy groups -OCH3 is 2. The van der Waals surface area contributed by atoms with Crippen LogP contribution in [0.1, 0.15) is 11.6 Å². The van der Waals surface area contributed by atoms with E-state index in [1.807, 2.05) is 0 Å². The molecule has 4 N–H and O–H groups in total. The van der Waals surface area contributed by atoms with Crippen LogP contribution in [-0.2, 0) is 0 Å². The molecule has 0 saturated carbocycles. The molecule has 0 unspecified atom stereocenters. The first-order valence-corrected chi connectivity index (χ1v) is 4.65. The number of nitrogen functional groups attached to an aromatic ring is 1. The Labute approximate surface area is 96.3 Å². The van der Waals surface area contributed by atoms with Gasteiger partial charge in [0.2, 0.25) is 0 Å². The van der Waals surface area contributed by atoms with Crippen molar-refractivity contribution in [3.8, 4) is 11.5 Å². The van der Waals surface area contributed by atoms with E-state index < -0.39 is 12.2 Å². The number of anilines is 1. The average molecular weight is 250 g/mol. The summed E-state index contributed by atoms with van der Waals surface area (Å²) in [7, 11) is 2.68. The summed E-state index contributed by atoms with van der Waals surface area (Å²) in [6.45, 7) is 0. The molecule has 1 aromatic carbocycles. The van der Waals surface area contributed by atoms with Crippen LogP contribution in [0, 0.1) is 0 Å². The van der Waals surface area contributed by atoms with Crippen LogP contribution in [-0.4, -0.2) is 20.4 Å². The molecule has 0 fully saturated rings. The summed E-state index contributed by atoms with van der Waals surface area (Å²) in [4.78, 5) is 0. The smallest absolute Gasteiger partial charge is 0.407 e. The fraction of sp³-hybridized carbons (Fsp3) is 0.400. The Morgan fingerprint density at radius 2 is 1.59 bits per heavy atom. The molecule has 0 bridgehead atoms. The predicted octanol–water partition coefficient (Wildman–Crippen LogP) is 1.85. The highest BCUT2D eigenvalue weighted by atomic mass is 19.4. The molecule has 4 nitrogen and oxygen atoms in total. The number of rotatable bonds is 3. The summed E-state index contributed by atoms with van der Waals surface area (Å²) in [5.74, 6) is 0.402. The second-order valence-corrected chi connectivity index (χ2v) is 3.36. The number of benzene rings is 1. The van der Waals surface area contributed by atoms with Crippen molar-refractivity contribution in [2.45, 2.75) is 12.2 Å². The molecule has 0 aromatic heterocycles. The third-order valence-electron chi connectivity index (χ3n) is 2.28. The first kappa shape index (κ1) is 13.4. The van der Waals surface area contributed by atoms with Crippen molar-refractivity contribution in [2.24, 2.45) is 5.73 Å². The molecule has 17 heavy (non-hydrogen) atoms. The Morgan fingerprint density at radius 3 is 2.00 bits per heavy atom. The number of ether oxygens (including phenoxy) is 2. The maximum atomic E-state index is 12.5. The van der Waals surface area contributed by atoms with Crippen molar-refractivity contribution in [3.05, 3.63) is 17.7 Å². The number of nitrogens with two attached hydrogens (primary N) is 2. The minimum absolute atomic E-state index is 0.0903. The third kappa shape index (κ3) is 2.73. The highest BCUT2D eigenvalue weighted by Gasteiger charge is 2.39. The minimum Gasteiger partial charge on any atom is -0.493 e. The molecule has 0 heterocycles. The Balaban J connectivity index is 3.26. The van der Waals surface area contributed by atoms with Crippen LogP contribution >= 0.6 is 0 Å². The molecule has 1 aromatic rings. The highest BCUT2D eigenvalue weighted by Crippen LogP contribution is 2.39. The van der Waals surface area contributed by atoms with Gasteiger partial charge in [-0.15, -0.1) is 0 Å². The minimum atomic E-state index is -4.56. The topological polar surface area (TPSA) is 70.5 Å². The number of halogens is 3. The van der Waals surface area contributed by atoms with Gasteiger partial charge in [0.25, 0.3) is 0 Å². The van der Waals surface area contributed by atoms with Gasteiger partial charge in [0.15, 0.2) is 11.5 Å². The van der Waals surface area contributed by atoms with Crippen LogP contribution in [0.3, 0.4) is 0 Å². The maximum Gasteiger partial charge on any atom is 0.407 e. The molecular weight excluding hydrogens is 237 g/mol. The van der Waals surface area contributed by atoms with E-state index in [-0.39, 0.29) is 22.7 Å². The monoisotopic (exact) mass is 250 g/mol. The van der Waals surface area contributed by atoms with Crippen molar-refractivity contribution < 1.29 is 22.6 Å². The summed E-state index contributed by atoms with van der Waals surface area (Å²) < 4.78 is 47.2. The molecule has 0 aliphatic carbocycles. The van der Waals surface area contributed by atoms with Gasteiger partial charge in [0, 0.05) is 17.3 Å². The van der Waals surface area contributed by atoms with Crippen LogP contribution in [0.25, 0.3) is 0 Å². The van der Waals surface area contributed by atoms with Crippen molar-refractivity contribution >= 4 is 5.69 Å². The van der Waals surface area contributed by atoms with Gasteiger partial charge in [0.1, 0.15) is 6.04 Å². The standard InChI is InChI=1S/C10H13F3N2O2/c1-16-7-3-5(9(15)10(11,12)13)6(14)4-8(7)17-2/h3-4,9H,14-15H2,1-2H3/t9-/m1/s1. The molecular formula is C10H13F3N2O2. The Bertz CT molecular complexity index is 407. The fourth-order valence-corrected chi connectivity index (χ4v) is 1.36. The first-order chi connectivity index (χ1) is 7.81. The number of alkyl halides is 3. The lowest BCUT2D eigenvalue weighted by molar-refractivity contribution is -0.149. The lowest BCUT2D eigenvalue weighted by Crippen LogP contribution is -2.29. The zero-order valence-corrected chi connectivity index (χ0v) is 9.34. The van der Waals surface area contributed by atoms with E-state index in [1.165, 1.54) is 20.3 Å². The van der Waals surface area contributed by atoms with Crippen molar-refractivity contribution in [2.75, 3.05) is 20.0 Å². The normalized spacial score (nSPS) is 13.3. The lowest BCUT2D eigenvalue weighted by Gasteiger charge is -2.19. The zero-order chi connectivity index (χ0) is 13.2. The van der Waals surface area contributed by atoms with Gasteiger partial charge in [-0.3, -0.25) is 0 Å².